The van der Waals surface area contributed by atoms with Crippen LogP contribution in [-0.4, -0.2) is 96.7 Å². The van der Waals surface area contributed by atoms with Gasteiger partial charge in [0.25, 0.3) is 0 Å². The summed E-state index contributed by atoms with van der Waals surface area (Å²) >= 11 is 0. The fourth-order valence-electron chi connectivity index (χ4n) is 12.1. The lowest BCUT2D eigenvalue weighted by atomic mass is 10.0. The topological polar surface area (TPSA) is 237 Å². The van der Waals surface area contributed by atoms with Crippen molar-refractivity contribution >= 4 is 39.5 Å². The highest BCUT2D eigenvalue weighted by Crippen LogP contribution is 2.45. The first-order chi connectivity index (χ1) is 47.0. The monoisotopic (exact) mass is 1420 g/mol. The normalized spacial score (nSPS) is 13.9. The third-order valence-electron chi connectivity index (χ3n) is 18.3. The number of aliphatic hydroxyl groups is 1. The lowest BCUT2D eigenvalue weighted by Crippen LogP contribution is -2.30. The first-order valence-corrected chi connectivity index (χ1v) is 43.6. The summed E-state index contributed by atoms with van der Waals surface area (Å²) in [5, 5.41) is 10.6. The van der Waals surface area contributed by atoms with Crippen LogP contribution in [0.3, 0.4) is 0 Å². The lowest BCUT2D eigenvalue weighted by Gasteiger charge is -2.21. The Morgan fingerprint density at radius 1 is 0.278 bits per heavy atom. The maximum Gasteiger partial charge on any atom is 0.472 e. The average molecular weight is 1420 g/mol. The molecule has 0 heterocycles. The number of hydrogen-bond acceptors (Lipinski definition) is 15. The van der Waals surface area contributed by atoms with Gasteiger partial charge in [-0.25, -0.2) is 9.13 Å². The zero-order valence-corrected chi connectivity index (χ0v) is 65.0. The van der Waals surface area contributed by atoms with Crippen molar-refractivity contribution in [2.24, 2.45) is 5.92 Å². The first kappa shape index (κ1) is 95.1. The molecule has 17 nitrogen and oxygen atoms in total. The van der Waals surface area contributed by atoms with Gasteiger partial charge in [-0.3, -0.25) is 37.3 Å². The standard InChI is InChI=1S/C78H152O17P2/c1-6-9-12-15-18-21-24-26-28-29-30-31-32-33-35-37-43-48-53-58-63-77(82)94-74(68-89-76(81)62-57-52-47-42-36-34-27-25-22-19-16-13-10-7-2)70-93-97(86,87)91-66-72(79)65-90-96(84,85)92-69-73(67-88-75(80)61-56-51-46-41-23-20-17-14-11-8-3)95-78(83)64-59-54-49-44-39-38-40-45-50-55-60-71(4)5/h71-74,79H,6-70H2,1-5H3,(H,84,85)(H,86,87)/t72-,73+,74+/m0/s1. The van der Waals surface area contributed by atoms with E-state index in [0.29, 0.717) is 25.7 Å². The molecule has 0 aliphatic heterocycles. The van der Waals surface area contributed by atoms with Crippen molar-refractivity contribution in [3.05, 3.63) is 0 Å². The molecule has 0 amide bonds. The molecule has 0 aromatic carbocycles. The Morgan fingerprint density at radius 3 is 0.701 bits per heavy atom. The predicted molar refractivity (Wildman–Crippen MR) is 395 cm³/mol. The lowest BCUT2D eigenvalue weighted by molar-refractivity contribution is -0.161. The van der Waals surface area contributed by atoms with Crippen molar-refractivity contribution in [1.29, 1.82) is 0 Å². The van der Waals surface area contributed by atoms with Gasteiger partial charge < -0.3 is 33.8 Å². The Kier molecular flexibility index (Phi) is 69.6. The van der Waals surface area contributed by atoms with E-state index in [1.807, 2.05) is 0 Å². The number of ether oxygens (including phenoxy) is 4. The van der Waals surface area contributed by atoms with Crippen LogP contribution in [0.1, 0.15) is 413 Å². The molecule has 97 heavy (non-hydrogen) atoms. The van der Waals surface area contributed by atoms with Gasteiger partial charge in [0.05, 0.1) is 26.4 Å². The maximum atomic E-state index is 13.1. The highest BCUT2D eigenvalue weighted by Gasteiger charge is 2.30. The van der Waals surface area contributed by atoms with Gasteiger partial charge in [0.1, 0.15) is 19.3 Å². The molecule has 0 saturated heterocycles. The molecule has 0 aliphatic carbocycles. The molecule has 19 heteroatoms. The summed E-state index contributed by atoms with van der Waals surface area (Å²) < 4.78 is 68.6. The minimum Gasteiger partial charge on any atom is -0.462 e. The zero-order chi connectivity index (χ0) is 71.2. The van der Waals surface area contributed by atoms with Crippen molar-refractivity contribution in [1.82, 2.24) is 0 Å². The summed E-state index contributed by atoms with van der Waals surface area (Å²) in [5.74, 6) is -1.36. The summed E-state index contributed by atoms with van der Waals surface area (Å²) in [5.41, 5.74) is 0. The average Bonchev–Trinajstić information content (AvgIpc) is 3.44. The minimum absolute atomic E-state index is 0.106. The molecule has 0 bridgehead atoms. The van der Waals surface area contributed by atoms with Crippen LogP contribution in [0.5, 0.6) is 0 Å². The zero-order valence-electron chi connectivity index (χ0n) is 63.2. The summed E-state index contributed by atoms with van der Waals surface area (Å²) in [6.07, 6.45) is 61.0. The second kappa shape index (κ2) is 71.1. The molecule has 0 spiro atoms. The molecular formula is C78H152O17P2. The molecule has 0 saturated carbocycles. The minimum atomic E-state index is -4.96. The second-order valence-corrected chi connectivity index (χ2v) is 31.5. The number of carbonyl (C=O) groups excluding carboxylic acids is 4. The smallest absolute Gasteiger partial charge is 0.462 e. The van der Waals surface area contributed by atoms with Crippen molar-refractivity contribution in [3.8, 4) is 0 Å². The van der Waals surface area contributed by atoms with Crippen LogP contribution in [0.25, 0.3) is 0 Å². The molecule has 0 rings (SSSR count). The van der Waals surface area contributed by atoms with Crippen molar-refractivity contribution in [2.45, 2.75) is 432 Å². The van der Waals surface area contributed by atoms with Crippen LogP contribution >= 0.6 is 15.6 Å². The Bertz CT molecular complexity index is 1860. The fourth-order valence-corrected chi connectivity index (χ4v) is 13.6. The third-order valence-corrected chi connectivity index (χ3v) is 20.2. The van der Waals surface area contributed by atoms with Gasteiger partial charge in [-0.1, -0.05) is 362 Å². The van der Waals surface area contributed by atoms with E-state index in [0.717, 1.165) is 95.8 Å². The maximum absolute atomic E-state index is 13.1. The van der Waals surface area contributed by atoms with Gasteiger partial charge in [0.15, 0.2) is 12.2 Å². The van der Waals surface area contributed by atoms with Gasteiger partial charge in [0, 0.05) is 25.7 Å². The number of carbonyl (C=O) groups is 4. The van der Waals surface area contributed by atoms with Crippen LogP contribution in [-0.2, 0) is 65.4 Å². The summed E-state index contributed by atoms with van der Waals surface area (Å²) in [4.78, 5) is 72.9. The molecule has 0 fully saturated rings. The van der Waals surface area contributed by atoms with Gasteiger partial charge >= 0.3 is 39.5 Å². The Labute approximate surface area is 594 Å². The number of phosphoric acid groups is 2. The number of rotatable bonds is 78. The quantitative estimate of drug-likeness (QED) is 0.0222. The van der Waals surface area contributed by atoms with Crippen molar-refractivity contribution < 1.29 is 80.2 Å². The summed E-state index contributed by atoms with van der Waals surface area (Å²) in [7, 11) is -9.91. The molecule has 0 aliphatic rings. The number of esters is 4. The fraction of sp³-hybridized carbons (Fsp3) is 0.949. The van der Waals surface area contributed by atoms with Gasteiger partial charge in [-0.05, 0) is 31.6 Å². The van der Waals surface area contributed by atoms with Crippen LogP contribution in [0, 0.1) is 5.92 Å². The SMILES string of the molecule is CCCCCCCCCCCCCCCCCCCCCCC(=O)O[C@H](COC(=O)CCCCCCCCCCCCCCCC)COP(=O)(O)OC[C@@H](O)COP(=O)(O)OC[C@@H](COC(=O)CCCCCCCCCCCC)OC(=O)CCCCCCCCCCCCC(C)C. The molecular weight excluding hydrogens is 1270 g/mol. The van der Waals surface area contributed by atoms with Crippen LogP contribution < -0.4 is 0 Å². The Balaban J connectivity index is 5.22. The van der Waals surface area contributed by atoms with Crippen molar-refractivity contribution in [3.63, 3.8) is 0 Å². The molecule has 5 atom stereocenters. The molecule has 3 N–H and O–H groups in total. The Hall–Kier alpha value is -1.94. The van der Waals surface area contributed by atoms with E-state index in [9.17, 15) is 43.2 Å². The van der Waals surface area contributed by atoms with Crippen molar-refractivity contribution in [2.75, 3.05) is 39.6 Å². The van der Waals surface area contributed by atoms with Gasteiger partial charge in [-0.2, -0.15) is 0 Å². The van der Waals surface area contributed by atoms with Gasteiger partial charge in [0.2, 0.25) is 0 Å². The molecule has 0 aromatic heterocycles. The van der Waals surface area contributed by atoms with Crippen LogP contribution in [0.2, 0.25) is 0 Å². The molecule has 2 unspecified atom stereocenters. The van der Waals surface area contributed by atoms with Gasteiger partial charge in [-0.15, -0.1) is 0 Å². The van der Waals surface area contributed by atoms with Crippen LogP contribution in [0.4, 0.5) is 0 Å². The Morgan fingerprint density at radius 2 is 0.474 bits per heavy atom. The van der Waals surface area contributed by atoms with E-state index in [1.54, 1.807) is 0 Å². The predicted octanol–water partition coefficient (Wildman–Crippen LogP) is 23.3. The summed E-state index contributed by atoms with van der Waals surface area (Å²) in [6, 6.07) is 0. The van der Waals surface area contributed by atoms with E-state index < -0.39 is 97.5 Å². The number of aliphatic hydroxyl groups excluding tert-OH is 1. The molecule has 576 valence electrons. The largest absolute Gasteiger partial charge is 0.472 e. The number of phosphoric ester groups is 2. The van der Waals surface area contributed by atoms with E-state index >= 15 is 0 Å². The number of hydrogen-bond donors (Lipinski definition) is 3. The summed E-state index contributed by atoms with van der Waals surface area (Å²) in [6.45, 7) is 7.29. The first-order valence-electron chi connectivity index (χ1n) is 40.6. The van der Waals surface area contributed by atoms with E-state index in [4.69, 9.17) is 37.0 Å². The molecule has 0 radical (unpaired) electrons. The third kappa shape index (κ3) is 72.2. The second-order valence-electron chi connectivity index (χ2n) is 28.6. The van der Waals surface area contributed by atoms with E-state index in [-0.39, 0.29) is 25.7 Å². The van der Waals surface area contributed by atoms with E-state index in [1.165, 1.54) is 238 Å². The number of unbranched alkanes of at least 4 members (excludes halogenated alkanes) is 50. The van der Waals surface area contributed by atoms with Crippen LogP contribution in [0.15, 0.2) is 0 Å². The highest BCUT2D eigenvalue weighted by molar-refractivity contribution is 7.47. The molecule has 0 aromatic rings. The highest BCUT2D eigenvalue weighted by atomic mass is 31.2. The van der Waals surface area contributed by atoms with E-state index in [2.05, 4.69) is 34.6 Å².